The molecule has 11 heterocycles. The second-order valence-electron chi connectivity index (χ2n) is 34.5. The van der Waals surface area contributed by atoms with Gasteiger partial charge in [-0.1, -0.05) is 170 Å². The Balaban J connectivity index is 0.000000560. The van der Waals surface area contributed by atoms with Gasteiger partial charge in [0.2, 0.25) is 0 Å². The molecule has 11 aliphatic heterocycles. The van der Waals surface area contributed by atoms with Crippen LogP contribution in [-0.2, 0) is 61.6 Å². The summed E-state index contributed by atoms with van der Waals surface area (Å²) in [7, 11) is 0. The van der Waals surface area contributed by atoms with Gasteiger partial charge < -0.3 is 56.8 Å². The van der Waals surface area contributed by atoms with Crippen molar-refractivity contribution in [1.29, 1.82) is 0 Å². The van der Waals surface area contributed by atoms with Crippen LogP contribution in [0.3, 0.4) is 0 Å². The van der Waals surface area contributed by atoms with E-state index in [2.05, 4.69) is 189 Å². The molecular formula is C89H174O13S2. The molecule has 15 heteroatoms. The van der Waals surface area contributed by atoms with Crippen LogP contribution in [-0.4, -0.2) is 162 Å². The van der Waals surface area contributed by atoms with Crippen LogP contribution in [0.2, 0.25) is 0 Å². The summed E-state index contributed by atoms with van der Waals surface area (Å²) in [6.45, 7) is 70.7. The van der Waals surface area contributed by atoms with Gasteiger partial charge in [0.25, 0.3) is 0 Å². The Hall–Kier alpha value is -0.530. The number of carbonyl (C=O) groups excluding carboxylic acids is 1. The van der Waals surface area contributed by atoms with E-state index in [1.165, 1.54) is 108 Å². The summed E-state index contributed by atoms with van der Waals surface area (Å²) >= 11 is 4.21. The summed E-state index contributed by atoms with van der Waals surface area (Å²) in [5.74, 6) is 16.1. The molecule has 0 amide bonds. The highest BCUT2D eigenvalue weighted by molar-refractivity contribution is 8.00. The average molecular weight is 1520 g/mol. The number of ketones is 1. The maximum atomic E-state index is 10.8. The number of rotatable bonds is 0. The first-order valence-corrected chi connectivity index (χ1v) is 45.1. The number of carbonyl (C=O) groups is 1. The Bertz CT molecular complexity index is 1640. The molecule has 14 rings (SSSR count). The minimum absolute atomic E-state index is 0.281. The first-order valence-electron chi connectivity index (χ1n) is 43.0. The molecule has 28 atom stereocenters. The number of thioether (sulfide) groups is 2. The molecule has 28 unspecified atom stereocenters. The summed E-state index contributed by atoms with van der Waals surface area (Å²) < 4.78 is 62.4. The zero-order chi connectivity index (χ0) is 78.3. The van der Waals surface area contributed by atoms with E-state index in [1.807, 2.05) is 34.6 Å². The van der Waals surface area contributed by atoms with Gasteiger partial charge in [0, 0.05) is 74.3 Å². The van der Waals surface area contributed by atoms with Gasteiger partial charge in [-0.2, -0.15) is 23.5 Å². The highest BCUT2D eigenvalue weighted by atomic mass is 32.2. The van der Waals surface area contributed by atoms with E-state index in [4.69, 9.17) is 56.8 Å². The molecule has 13 nitrogen and oxygen atoms in total. The molecule has 10 saturated heterocycles. The third-order valence-electron chi connectivity index (χ3n) is 25.6. The Labute approximate surface area is 653 Å². The summed E-state index contributed by atoms with van der Waals surface area (Å²) in [6, 6.07) is 0. The fourth-order valence-corrected chi connectivity index (χ4v) is 15.5. The number of Topliss-reactive ketones (excluding diaryl/α,β-unsaturated/α-hetero) is 1. The van der Waals surface area contributed by atoms with Crippen LogP contribution in [0.1, 0.15) is 303 Å². The van der Waals surface area contributed by atoms with E-state index in [9.17, 15) is 4.79 Å². The van der Waals surface area contributed by atoms with Crippen LogP contribution in [0.25, 0.3) is 0 Å². The topological polar surface area (TPSA) is 128 Å². The van der Waals surface area contributed by atoms with Crippen molar-refractivity contribution >= 4 is 29.3 Å². The van der Waals surface area contributed by atoms with Gasteiger partial charge in [-0.05, 0) is 222 Å². The fraction of sp³-hybridized carbons (Fsp3) is 0.966. The maximum absolute atomic E-state index is 10.8. The lowest BCUT2D eigenvalue weighted by Gasteiger charge is -2.25. The predicted octanol–water partition coefficient (Wildman–Crippen LogP) is 23.1. The molecule has 0 bridgehead atoms. The number of ether oxygens (including phenoxy) is 12. The number of hydrogen-bond acceptors (Lipinski definition) is 15. The van der Waals surface area contributed by atoms with Crippen LogP contribution in [0.5, 0.6) is 0 Å². The molecule has 104 heavy (non-hydrogen) atoms. The smallest absolute Gasteiger partial charge is 0.147 e. The fourth-order valence-electron chi connectivity index (χ4n) is 12.8. The standard InChI is InChI=1S/C8H16.2C7H14O.C7H12O.C7H14.2C6H12O2.3C6H12O.C6H10O.2C6H12S.C5H10O2/c1-7-5-3-4-6-8(7)2;2*1-6-4-3-5-8-7(6)2;1-5-3-4-7(8)6(5)2;1-6-4-3-5-7(6)2;1-5-3-7-4-8-6(5)2;1-5-6(2)8-4-3-7-5;1-5-3-7-4-6(5)2;5*1-5-3-4-7-6(5)2;1-4-5(2)7-3-6-4/h7-8H,3-6H2,1-2H3;2*6-7H,3-5H2,1-2H3;5-6H,3-4H2,1-2H3;6-7H,3-5H2,1-2H3;2*5-6H,3-4H2,1-2H3;3*5-6H,3-4H2,1-2H3;3-6H,1-2H3;2*5-6H,3-4H2,1-2H3;4-5H,3H2,1-2H3. The Morgan fingerprint density at radius 2 is 0.625 bits per heavy atom. The molecule has 620 valence electrons. The Kier molecular flexibility index (Phi) is 58.7. The van der Waals surface area contributed by atoms with E-state index in [0.717, 1.165) is 154 Å². The highest BCUT2D eigenvalue weighted by Crippen LogP contribution is 2.33. The molecule has 0 aromatic heterocycles. The molecule has 0 N–H and O–H groups in total. The minimum Gasteiger partial charge on any atom is -0.498 e. The van der Waals surface area contributed by atoms with E-state index in [-0.39, 0.29) is 12.2 Å². The van der Waals surface area contributed by atoms with Crippen LogP contribution in [0.15, 0.2) is 12.3 Å². The first-order chi connectivity index (χ1) is 49.2. The molecule has 0 radical (unpaired) electrons. The highest BCUT2D eigenvalue weighted by Gasteiger charge is 2.28. The molecular weight excluding hydrogens is 1340 g/mol. The van der Waals surface area contributed by atoms with Gasteiger partial charge >= 0.3 is 0 Å². The second-order valence-corrected chi connectivity index (χ2v) is 37.5. The largest absolute Gasteiger partial charge is 0.498 e. The third-order valence-corrected chi connectivity index (χ3v) is 28.5. The van der Waals surface area contributed by atoms with Crippen molar-refractivity contribution in [2.45, 2.75) is 375 Å². The Morgan fingerprint density at radius 1 is 0.279 bits per heavy atom. The van der Waals surface area contributed by atoms with E-state index >= 15 is 0 Å². The zero-order valence-electron chi connectivity index (χ0n) is 73.2. The van der Waals surface area contributed by atoms with Crippen molar-refractivity contribution in [1.82, 2.24) is 0 Å². The zero-order valence-corrected chi connectivity index (χ0v) is 74.8. The molecule has 0 aromatic carbocycles. The lowest BCUT2D eigenvalue weighted by Crippen LogP contribution is -2.33. The van der Waals surface area contributed by atoms with Gasteiger partial charge in [0.05, 0.1) is 81.0 Å². The molecule has 3 saturated carbocycles. The molecule has 14 aliphatic rings. The van der Waals surface area contributed by atoms with Gasteiger partial charge in [-0.3, -0.25) is 4.79 Å². The summed E-state index contributed by atoms with van der Waals surface area (Å²) in [4.78, 5) is 10.8. The van der Waals surface area contributed by atoms with Crippen LogP contribution in [0.4, 0.5) is 0 Å². The van der Waals surface area contributed by atoms with Crippen LogP contribution in [0, 0.1) is 94.7 Å². The van der Waals surface area contributed by atoms with E-state index in [0.29, 0.717) is 91.9 Å². The summed E-state index contributed by atoms with van der Waals surface area (Å²) in [5, 5.41) is 1.86. The predicted molar refractivity (Wildman–Crippen MR) is 444 cm³/mol. The second kappa shape index (κ2) is 60.1. The average Bonchev–Trinajstić information content (AvgIpc) is 1.79. The quantitative estimate of drug-likeness (QED) is 0.228. The van der Waals surface area contributed by atoms with E-state index < -0.39 is 0 Å². The van der Waals surface area contributed by atoms with Crippen molar-refractivity contribution in [2.75, 3.05) is 84.6 Å². The first kappa shape index (κ1) is 101. The maximum Gasteiger partial charge on any atom is 0.147 e. The van der Waals surface area contributed by atoms with Crippen LogP contribution >= 0.6 is 23.5 Å². The Morgan fingerprint density at radius 3 is 0.788 bits per heavy atom. The summed E-state index contributed by atoms with van der Waals surface area (Å²) in [5.41, 5.74) is 0. The molecule has 0 aromatic rings. The molecule has 13 fully saturated rings. The lowest BCUT2D eigenvalue weighted by atomic mass is 9.82. The monoisotopic (exact) mass is 1520 g/mol. The SMILES string of the molecule is CC1C=COC1C.CC1CCC(=O)C1C.CC1CCCC1C.CC1CCCCC1C.CC1CCCOC1C.CC1CCCOC1C.CC1CCOC1C.CC1CCOC1C.CC1CCSC1C.CC1CCSC1C.CC1COCC1C.CC1COCOC1C.CC1OCCOC1C.CC1OCOC1C. The van der Waals surface area contributed by atoms with Gasteiger partial charge in [-0.15, -0.1) is 0 Å². The van der Waals surface area contributed by atoms with Crippen molar-refractivity contribution in [3.05, 3.63) is 12.3 Å². The van der Waals surface area contributed by atoms with Crippen molar-refractivity contribution in [2.24, 2.45) is 94.7 Å². The molecule has 0 spiro atoms. The van der Waals surface area contributed by atoms with Crippen molar-refractivity contribution < 1.29 is 61.6 Å². The van der Waals surface area contributed by atoms with Gasteiger partial charge in [0.15, 0.2) is 0 Å². The van der Waals surface area contributed by atoms with E-state index in [1.54, 1.807) is 6.26 Å². The van der Waals surface area contributed by atoms with Gasteiger partial charge in [0.1, 0.15) is 25.5 Å². The third kappa shape index (κ3) is 47.1. The normalized spacial score (nSPS) is 40.6. The number of hydrogen-bond donors (Lipinski definition) is 0. The van der Waals surface area contributed by atoms with Crippen molar-refractivity contribution in [3.8, 4) is 0 Å². The minimum atomic E-state index is 0.281. The van der Waals surface area contributed by atoms with Gasteiger partial charge in [-0.25, -0.2) is 0 Å². The van der Waals surface area contributed by atoms with Crippen molar-refractivity contribution in [3.63, 3.8) is 0 Å². The lowest BCUT2D eigenvalue weighted by molar-refractivity contribution is -0.159. The molecule has 3 aliphatic carbocycles. The van der Waals surface area contributed by atoms with Crippen LogP contribution < -0.4 is 0 Å². The summed E-state index contributed by atoms with van der Waals surface area (Å²) in [6.07, 6.45) is 30.6.